The lowest BCUT2D eigenvalue weighted by atomic mass is 9.94. The van der Waals surface area contributed by atoms with E-state index in [0.717, 1.165) is 13.8 Å². The van der Waals surface area contributed by atoms with E-state index in [1.807, 2.05) is 0 Å². The Balaban J connectivity index is 1.26. The molecule has 34 atom stereocenters. The van der Waals surface area contributed by atoms with Crippen LogP contribution in [0, 0.1) is 0 Å². The molecule has 22 N–H and O–H groups in total. The van der Waals surface area contributed by atoms with Crippen LogP contribution in [0.15, 0.2) is 0 Å². The van der Waals surface area contributed by atoms with E-state index in [2.05, 4.69) is 10.6 Å². The molecule has 6 heterocycles. The summed E-state index contributed by atoms with van der Waals surface area (Å²) in [7, 11) is 0. The fraction of sp³-hybridized carbons (Fsp3) is 0.957. The summed E-state index contributed by atoms with van der Waals surface area (Å²) in [6.45, 7) is -1.70. The van der Waals surface area contributed by atoms with Gasteiger partial charge in [-0.25, -0.2) is 0 Å². The Morgan fingerprint density at radius 3 is 1.37 bits per heavy atom. The molecule has 6 fully saturated rings. The standard InChI is InChI=1S/C46H80N2O34/c1-11-22(57)29(64)33(68)42(72-11)81-39-32(67)26(61)18(7-51)75-45(39)78-36(15(5-49)47-13(3)54)24(59)16(56)10-71-41-21(48-14(4)55)28(63)37(20(9-53)77-41)79-46-40(82-43-34(69)30(65)23(58)12(2)73-43)38(27(62)19(8-52)76-46)80-44-35(70)31(66)25(60)17(6-50)74-44/h11-12,15-46,49-53,56-70H,5-10H2,1-4H3,(H,47,54)(H,48,55)/t11-,12-,15-,16+,17+,18+,19+,20+,21+,22+,23+,24-,25-,26-,27-,28+,29+,30+,31-,32-,33-,34-,35+,36+,37+,38-,39+,40+,41+,42-,43-,44+,45-,46-/m0/s1. The van der Waals surface area contributed by atoms with Crippen LogP contribution in [0.1, 0.15) is 27.7 Å². The van der Waals surface area contributed by atoms with Gasteiger partial charge in [0, 0.05) is 13.8 Å². The first-order valence-electron chi connectivity index (χ1n) is 26.3. The molecule has 0 aromatic heterocycles. The number of carbonyl (C=O) groups is 2. The third-order valence-electron chi connectivity index (χ3n) is 14.9. The molecule has 478 valence electrons. The average molecular weight is 1210 g/mol. The molecular weight excluding hydrogens is 1120 g/mol. The van der Waals surface area contributed by atoms with Crippen molar-refractivity contribution in [2.45, 2.75) is 236 Å². The maximum atomic E-state index is 12.7. The zero-order valence-corrected chi connectivity index (χ0v) is 44.5. The van der Waals surface area contributed by atoms with E-state index in [-0.39, 0.29) is 0 Å². The van der Waals surface area contributed by atoms with Gasteiger partial charge in [-0.2, -0.15) is 0 Å². The quantitative estimate of drug-likeness (QED) is 0.0452. The average Bonchev–Trinajstić information content (AvgIpc) is 3.52. The van der Waals surface area contributed by atoms with Gasteiger partial charge in [-0.3, -0.25) is 9.59 Å². The smallest absolute Gasteiger partial charge is 0.217 e. The largest absolute Gasteiger partial charge is 0.394 e. The molecule has 36 nitrogen and oxygen atoms in total. The predicted molar refractivity (Wildman–Crippen MR) is 254 cm³/mol. The first kappa shape index (κ1) is 68.8. The summed E-state index contributed by atoms with van der Waals surface area (Å²) in [5.74, 6) is -1.72. The minimum Gasteiger partial charge on any atom is -0.394 e. The number of ether oxygens (including phenoxy) is 12. The van der Waals surface area contributed by atoms with Crippen LogP contribution >= 0.6 is 0 Å². The summed E-state index contributed by atoms with van der Waals surface area (Å²) < 4.78 is 69.6. The molecule has 82 heavy (non-hydrogen) atoms. The van der Waals surface area contributed by atoms with Crippen molar-refractivity contribution >= 4 is 11.8 Å². The Morgan fingerprint density at radius 1 is 0.439 bits per heavy atom. The lowest BCUT2D eigenvalue weighted by molar-refractivity contribution is -0.402. The van der Waals surface area contributed by atoms with Crippen LogP contribution in [-0.2, 0) is 66.4 Å². The molecule has 6 aliphatic heterocycles. The molecule has 0 aromatic carbocycles. The maximum Gasteiger partial charge on any atom is 0.217 e. The molecule has 6 aliphatic rings. The number of rotatable bonds is 23. The highest BCUT2D eigenvalue weighted by molar-refractivity contribution is 5.73. The Morgan fingerprint density at radius 2 is 0.866 bits per heavy atom. The summed E-state index contributed by atoms with van der Waals surface area (Å²) in [5, 5.41) is 220. The number of hydrogen-bond donors (Lipinski definition) is 22. The monoisotopic (exact) mass is 1200 g/mol. The van der Waals surface area contributed by atoms with Crippen LogP contribution in [0.4, 0.5) is 0 Å². The van der Waals surface area contributed by atoms with E-state index in [1.165, 1.54) is 13.8 Å². The number of nitrogens with one attached hydrogen (secondary N) is 2. The van der Waals surface area contributed by atoms with Gasteiger partial charge < -0.3 is 170 Å². The van der Waals surface area contributed by atoms with Crippen molar-refractivity contribution < 1.29 is 169 Å². The van der Waals surface area contributed by atoms with Crippen molar-refractivity contribution in [1.82, 2.24) is 10.6 Å². The molecule has 0 aliphatic carbocycles. The molecule has 0 radical (unpaired) electrons. The third kappa shape index (κ3) is 15.3. The van der Waals surface area contributed by atoms with Crippen molar-refractivity contribution in [1.29, 1.82) is 0 Å². The Bertz CT molecular complexity index is 1980. The Hall–Kier alpha value is -2.34. The van der Waals surface area contributed by atoms with Crippen molar-refractivity contribution in [3.05, 3.63) is 0 Å². The lowest BCUT2D eigenvalue weighted by Gasteiger charge is -2.51. The topological polar surface area (TPSA) is 574 Å². The highest BCUT2D eigenvalue weighted by Crippen LogP contribution is 2.37. The highest BCUT2D eigenvalue weighted by Gasteiger charge is 2.58. The summed E-state index contributed by atoms with van der Waals surface area (Å²) >= 11 is 0. The van der Waals surface area contributed by atoms with E-state index >= 15 is 0 Å². The van der Waals surface area contributed by atoms with Gasteiger partial charge >= 0.3 is 0 Å². The molecule has 0 spiro atoms. The van der Waals surface area contributed by atoms with Crippen LogP contribution in [0.3, 0.4) is 0 Å². The minimum absolute atomic E-state index is 0.842. The van der Waals surface area contributed by atoms with Crippen LogP contribution in [0.5, 0.6) is 0 Å². The number of aliphatic hydroxyl groups is 20. The van der Waals surface area contributed by atoms with Gasteiger partial charge in [0.2, 0.25) is 11.8 Å². The molecule has 36 heteroatoms. The van der Waals surface area contributed by atoms with Crippen molar-refractivity contribution in [3.63, 3.8) is 0 Å². The molecular formula is C46H80N2O34. The van der Waals surface area contributed by atoms with Gasteiger partial charge in [-0.15, -0.1) is 0 Å². The van der Waals surface area contributed by atoms with Crippen LogP contribution in [0.2, 0.25) is 0 Å². The molecule has 2 amide bonds. The molecule has 0 bridgehead atoms. The zero-order valence-electron chi connectivity index (χ0n) is 44.5. The first-order chi connectivity index (χ1) is 38.6. The molecule has 0 aromatic rings. The predicted octanol–water partition coefficient (Wildman–Crippen LogP) is -14.3. The fourth-order valence-corrected chi connectivity index (χ4v) is 10.2. The molecule has 6 rings (SSSR count). The SMILES string of the molecule is CC(=O)N[C@H]1[C@H](OC[C@@H](O)[C@H](O)[C@H](O[C@@H]2O[C@H](CO)[C@H](O)[C@H](O)[C@H]2O[C@@H]2O[C@@H](C)[C@@H](O)[C@@H](O)[C@@H]2O)[C@H](CO)NC(C)=O)O[C@H](CO)[C@@H](O[C@@H]2O[C@H](CO)[C@H](O)[C@H](O[C@H]3O[C@H](CO)[C@H](O)[C@H](O)[C@H]3O)[C@H]2O[C@@H]2O[C@@H](C)[C@@H](O)[C@@H](O)[C@@H]2O)[C@@H]1O. The Labute approximate surface area is 466 Å². The van der Waals surface area contributed by atoms with Gasteiger partial charge in [0.1, 0.15) is 153 Å². The minimum atomic E-state index is -2.34. The molecule has 0 saturated carbocycles. The molecule has 0 unspecified atom stereocenters. The summed E-state index contributed by atoms with van der Waals surface area (Å²) in [4.78, 5) is 25.1. The zero-order chi connectivity index (χ0) is 60.9. The number of amides is 2. The van der Waals surface area contributed by atoms with E-state index < -0.39 is 260 Å². The second kappa shape index (κ2) is 30.0. The molecule has 6 saturated heterocycles. The van der Waals surface area contributed by atoms with Gasteiger partial charge in [0.05, 0.1) is 57.9 Å². The van der Waals surface area contributed by atoms with Crippen LogP contribution < -0.4 is 10.6 Å². The second-order valence-corrected chi connectivity index (χ2v) is 20.8. The summed E-state index contributed by atoms with van der Waals surface area (Å²) in [6.07, 6.45) is -61.5. The third-order valence-corrected chi connectivity index (χ3v) is 14.9. The van der Waals surface area contributed by atoms with Crippen LogP contribution in [0.25, 0.3) is 0 Å². The normalized spacial score (nSPS) is 47.2. The maximum absolute atomic E-state index is 12.7. The number of hydrogen-bond acceptors (Lipinski definition) is 34. The second-order valence-electron chi connectivity index (χ2n) is 20.8. The summed E-state index contributed by atoms with van der Waals surface area (Å²) in [5.41, 5.74) is 0. The van der Waals surface area contributed by atoms with Gasteiger partial charge in [0.25, 0.3) is 0 Å². The van der Waals surface area contributed by atoms with Gasteiger partial charge in [-0.1, -0.05) is 0 Å². The van der Waals surface area contributed by atoms with E-state index in [1.54, 1.807) is 0 Å². The first-order valence-corrected chi connectivity index (χ1v) is 26.3. The number of carbonyl (C=O) groups excluding carboxylic acids is 2. The van der Waals surface area contributed by atoms with Gasteiger partial charge in [-0.05, 0) is 13.8 Å². The van der Waals surface area contributed by atoms with Gasteiger partial charge in [0.15, 0.2) is 37.7 Å². The van der Waals surface area contributed by atoms with E-state index in [4.69, 9.17) is 56.8 Å². The van der Waals surface area contributed by atoms with Crippen molar-refractivity contribution in [2.75, 3.05) is 39.6 Å². The lowest BCUT2D eigenvalue weighted by Crippen LogP contribution is -2.69. The number of aliphatic hydroxyl groups excluding tert-OH is 20. The fourth-order valence-electron chi connectivity index (χ4n) is 10.2. The van der Waals surface area contributed by atoms with E-state index in [9.17, 15) is 112 Å². The van der Waals surface area contributed by atoms with Crippen molar-refractivity contribution in [3.8, 4) is 0 Å². The van der Waals surface area contributed by atoms with Crippen molar-refractivity contribution in [2.24, 2.45) is 0 Å². The highest BCUT2D eigenvalue weighted by atomic mass is 16.8. The van der Waals surface area contributed by atoms with Crippen LogP contribution in [-0.4, -0.2) is 362 Å². The van der Waals surface area contributed by atoms with E-state index in [0.29, 0.717) is 0 Å². The summed E-state index contributed by atoms with van der Waals surface area (Å²) in [6, 6.07) is -3.52. The Kier molecular flexibility index (Phi) is 25.2.